The van der Waals surface area contributed by atoms with Gasteiger partial charge in [-0.2, -0.15) is 0 Å². The van der Waals surface area contributed by atoms with Crippen molar-refractivity contribution in [1.82, 2.24) is 0 Å². The van der Waals surface area contributed by atoms with Crippen molar-refractivity contribution in [2.24, 2.45) is 5.92 Å². The number of fused-ring (bicyclic) bond motifs is 2. The smallest absolute Gasteiger partial charge is 0.335 e. The summed E-state index contributed by atoms with van der Waals surface area (Å²) in [6.07, 6.45) is 6.15. The van der Waals surface area contributed by atoms with E-state index in [-0.39, 0.29) is 22.3 Å². The van der Waals surface area contributed by atoms with Crippen LogP contribution in [0.3, 0.4) is 0 Å². The zero-order chi connectivity index (χ0) is 22.2. The van der Waals surface area contributed by atoms with Crippen LogP contribution >= 0.6 is 0 Å². The fraction of sp³-hybridized carbons (Fsp3) is 0.536. The average Bonchev–Trinajstić information content (AvgIpc) is 3.35. The minimum atomic E-state index is -0.900. The summed E-state index contributed by atoms with van der Waals surface area (Å²) in [7, 11) is 0. The molecule has 0 aromatic heterocycles. The molecule has 164 valence electrons. The fourth-order valence-corrected chi connectivity index (χ4v) is 6.40. The molecule has 0 amide bonds. The standard InChI is InChI=1S/C28H34O3/c1-17-14-21-22(27(4,5)13-12-26(21,2)3)15-20(17)28-11-10-24(23(28)16-28)31-19-8-6-18(7-9-19)25(29)30/h6-9,14-15,23-24H,10-13,16H2,1-5H3,(H,29,30)/t23-,24+,28-/m1/s1. The third kappa shape index (κ3) is 3.20. The fourth-order valence-electron chi connectivity index (χ4n) is 6.40. The largest absolute Gasteiger partial charge is 0.490 e. The lowest BCUT2D eigenvalue weighted by Gasteiger charge is -2.43. The van der Waals surface area contributed by atoms with Crippen LogP contribution in [0.25, 0.3) is 0 Å². The van der Waals surface area contributed by atoms with Gasteiger partial charge in [-0.15, -0.1) is 0 Å². The van der Waals surface area contributed by atoms with Gasteiger partial charge in [-0.25, -0.2) is 4.79 Å². The van der Waals surface area contributed by atoms with E-state index >= 15 is 0 Å². The minimum absolute atomic E-state index is 0.218. The van der Waals surface area contributed by atoms with Gasteiger partial charge < -0.3 is 9.84 Å². The summed E-state index contributed by atoms with van der Waals surface area (Å²) in [5.41, 5.74) is 7.14. The summed E-state index contributed by atoms with van der Waals surface area (Å²) < 4.78 is 6.34. The lowest BCUT2D eigenvalue weighted by molar-refractivity contribution is 0.0697. The van der Waals surface area contributed by atoms with Gasteiger partial charge in [-0.1, -0.05) is 39.8 Å². The highest BCUT2D eigenvalue weighted by Crippen LogP contribution is 2.66. The number of rotatable bonds is 4. The van der Waals surface area contributed by atoms with Gasteiger partial charge in [0.2, 0.25) is 0 Å². The molecule has 3 nitrogen and oxygen atoms in total. The first-order valence-electron chi connectivity index (χ1n) is 11.7. The zero-order valence-electron chi connectivity index (χ0n) is 19.4. The maximum absolute atomic E-state index is 11.1. The molecule has 0 unspecified atom stereocenters. The van der Waals surface area contributed by atoms with Gasteiger partial charge in [0.05, 0.1) is 5.56 Å². The van der Waals surface area contributed by atoms with Crippen molar-refractivity contribution >= 4 is 5.97 Å². The van der Waals surface area contributed by atoms with Crippen LogP contribution in [0.4, 0.5) is 0 Å². The molecular weight excluding hydrogens is 384 g/mol. The van der Waals surface area contributed by atoms with E-state index in [0.717, 1.165) is 12.2 Å². The number of carbonyl (C=O) groups is 1. The molecule has 0 bridgehead atoms. The summed E-state index contributed by atoms with van der Waals surface area (Å²) in [6.45, 7) is 11.9. The summed E-state index contributed by atoms with van der Waals surface area (Å²) in [4.78, 5) is 11.1. The Morgan fingerprint density at radius 2 is 1.55 bits per heavy atom. The lowest BCUT2D eigenvalue weighted by Crippen LogP contribution is -2.34. The normalized spacial score (nSPS) is 29.7. The van der Waals surface area contributed by atoms with Crippen molar-refractivity contribution in [3.8, 4) is 5.75 Å². The van der Waals surface area contributed by atoms with Gasteiger partial charge in [0.1, 0.15) is 11.9 Å². The van der Waals surface area contributed by atoms with Crippen LogP contribution in [0.5, 0.6) is 5.75 Å². The van der Waals surface area contributed by atoms with Crippen molar-refractivity contribution < 1.29 is 14.6 Å². The number of hydrogen-bond acceptors (Lipinski definition) is 2. The third-order valence-corrected chi connectivity index (χ3v) is 8.58. The molecule has 3 aliphatic carbocycles. The summed E-state index contributed by atoms with van der Waals surface area (Å²) in [5.74, 6) is 0.438. The molecule has 2 saturated carbocycles. The number of hydrogen-bond donors (Lipinski definition) is 1. The predicted molar refractivity (Wildman–Crippen MR) is 123 cm³/mol. The van der Waals surface area contributed by atoms with Crippen LogP contribution in [0.1, 0.15) is 92.4 Å². The molecule has 31 heavy (non-hydrogen) atoms. The van der Waals surface area contributed by atoms with Crippen LogP contribution < -0.4 is 4.74 Å². The van der Waals surface area contributed by atoms with Crippen molar-refractivity contribution in [3.63, 3.8) is 0 Å². The molecule has 3 heteroatoms. The van der Waals surface area contributed by atoms with E-state index in [1.807, 2.05) is 0 Å². The first-order chi connectivity index (χ1) is 14.5. The summed E-state index contributed by atoms with van der Waals surface area (Å²) >= 11 is 0. The number of aryl methyl sites for hydroxylation is 1. The van der Waals surface area contributed by atoms with E-state index in [2.05, 4.69) is 46.8 Å². The Labute approximate surface area is 185 Å². The molecule has 0 spiro atoms. The van der Waals surface area contributed by atoms with E-state index in [1.165, 1.54) is 31.2 Å². The maximum atomic E-state index is 11.1. The predicted octanol–water partition coefficient (Wildman–Crippen LogP) is 6.54. The Morgan fingerprint density at radius 1 is 0.935 bits per heavy atom. The average molecular weight is 419 g/mol. The maximum Gasteiger partial charge on any atom is 0.335 e. The molecule has 3 aliphatic rings. The highest BCUT2D eigenvalue weighted by molar-refractivity contribution is 5.87. The molecule has 2 aromatic carbocycles. The number of carboxylic acids is 1. The van der Waals surface area contributed by atoms with Crippen LogP contribution in [0.2, 0.25) is 0 Å². The second kappa shape index (κ2) is 6.60. The molecule has 0 radical (unpaired) electrons. The molecule has 0 saturated heterocycles. The number of ether oxygens (including phenoxy) is 1. The van der Waals surface area contributed by atoms with E-state index in [4.69, 9.17) is 9.84 Å². The molecule has 0 aliphatic heterocycles. The van der Waals surface area contributed by atoms with Crippen LogP contribution in [-0.4, -0.2) is 17.2 Å². The summed E-state index contributed by atoms with van der Waals surface area (Å²) in [5, 5.41) is 9.11. The van der Waals surface area contributed by atoms with E-state index < -0.39 is 5.97 Å². The van der Waals surface area contributed by atoms with Crippen LogP contribution in [0.15, 0.2) is 36.4 Å². The highest BCUT2D eigenvalue weighted by atomic mass is 16.5. The van der Waals surface area contributed by atoms with Crippen molar-refractivity contribution in [1.29, 1.82) is 0 Å². The van der Waals surface area contributed by atoms with E-state index in [9.17, 15) is 4.79 Å². The first-order valence-corrected chi connectivity index (χ1v) is 11.7. The molecule has 1 N–H and O–H groups in total. The molecular formula is C28H34O3. The molecule has 3 atom stereocenters. The van der Waals surface area contributed by atoms with Crippen molar-refractivity contribution in [3.05, 3.63) is 64.2 Å². The minimum Gasteiger partial charge on any atom is -0.490 e. The molecule has 2 aromatic rings. The third-order valence-electron chi connectivity index (χ3n) is 8.58. The first kappa shape index (κ1) is 20.6. The Balaban J connectivity index is 1.42. The monoisotopic (exact) mass is 418 g/mol. The Hall–Kier alpha value is -2.29. The van der Waals surface area contributed by atoms with Gasteiger partial charge in [0.25, 0.3) is 0 Å². The van der Waals surface area contributed by atoms with Crippen LogP contribution in [-0.2, 0) is 16.2 Å². The zero-order valence-corrected chi connectivity index (χ0v) is 19.4. The number of aromatic carboxylic acids is 1. The van der Waals surface area contributed by atoms with E-state index in [1.54, 1.807) is 41.0 Å². The summed E-state index contributed by atoms with van der Waals surface area (Å²) in [6, 6.07) is 11.9. The Bertz CT molecular complexity index is 1050. The van der Waals surface area contributed by atoms with Gasteiger partial charge in [0.15, 0.2) is 0 Å². The van der Waals surface area contributed by atoms with Gasteiger partial charge >= 0.3 is 5.97 Å². The topological polar surface area (TPSA) is 46.5 Å². The van der Waals surface area contributed by atoms with Crippen LogP contribution in [0, 0.1) is 12.8 Å². The van der Waals surface area contributed by atoms with Gasteiger partial charge in [0, 0.05) is 11.3 Å². The second-order valence-electron chi connectivity index (χ2n) is 11.5. The van der Waals surface area contributed by atoms with Crippen molar-refractivity contribution in [2.45, 2.75) is 89.1 Å². The second-order valence-corrected chi connectivity index (χ2v) is 11.5. The SMILES string of the molecule is Cc1cc2c(cc1[C@]13CC[C@H](Oc4ccc(C(=O)O)cc4)[C@H]1C3)C(C)(C)CCC2(C)C. The quantitative estimate of drug-likeness (QED) is 0.613. The number of carboxylic acid groups (broad SMARTS) is 1. The Kier molecular flexibility index (Phi) is 4.39. The van der Waals surface area contributed by atoms with E-state index in [0.29, 0.717) is 11.5 Å². The molecule has 0 heterocycles. The molecule has 2 fully saturated rings. The molecule has 5 rings (SSSR count). The highest BCUT2D eigenvalue weighted by Gasteiger charge is 2.64. The lowest BCUT2D eigenvalue weighted by atomic mass is 9.62. The number of benzene rings is 2. The van der Waals surface area contributed by atoms with Gasteiger partial charge in [-0.05, 0) is 96.4 Å². The van der Waals surface area contributed by atoms with Gasteiger partial charge in [-0.3, -0.25) is 0 Å². The Morgan fingerprint density at radius 3 is 2.13 bits per heavy atom. The van der Waals surface area contributed by atoms with Crippen molar-refractivity contribution in [2.75, 3.05) is 0 Å².